The van der Waals surface area contributed by atoms with Gasteiger partial charge in [0, 0.05) is 13.1 Å². The molecule has 2 aliphatic rings. The van der Waals surface area contributed by atoms with Crippen LogP contribution in [0.5, 0.6) is 0 Å². The maximum atomic E-state index is 12.4. The lowest BCUT2D eigenvalue weighted by atomic mass is 9.92. The molecule has 4 heteroatoms. The monoisotopic (exact) mass is 330 g/mol. The fraction of sp³-hybridized carbons (Fsp3) is 0.650. The van der Waals surface area contributed by atoms with E-state index in [1.807, 2.05) is 18.2 Å². The molecule has 132 valence electrons. The third-order valence-electron chi connectivity index (χ3n) is 5.67. The Balaban J connectivity index is 1.43. The van der Waals surface area contributed by atoms with Gasteiger partial charge in [0.25, 0.3) is 0 Å². The SMILES string of the molecule is COC(=O)[C@]1(c2ccccc2)C[C@@H]1CCNCCN1CCCCC1. The van der Waals surface area contributed by atoms with E-state index >= 15 is 0 Å². The van der Waals surface area contributed by atoms with Crippen LogP contribution in [0.25, 0.3) is 0 Å². The second-order valence-corrected chi connectivity index (χ2v) is 7.17. The summed E-state index contributed by atoms with van der Waals surface area (Å²) in [5.74, 6) is 0.321. The minimum atomic E-state index is -0.398. The highest BCUT2D eigenvalue weighted by molar-refractivity contribution is 5.87. The van der Waals surface area contributed by atoms with Crippen LogP contribution in [0.15, 0.2) is 30.3 Å². The molecule has 1 heterocycles. The number of carbonyl (C=O) groups is 1. The van der Waals surface area contributed by atoms with E-state index < -0.39 is 5.41 Å². The Morgan fingerprint density at radius 3 is 2.67 bits per heavy atom. The largest absolute Gasteiger partial charge is 0.468 e. The number of nitrogens with zero attached hydrogens (tertiary/aromatic N) is 1. The molecular formula is C20H30N2O2. The van der Waals surface area contributed by atoms with Crippen LogP contribution in [-0.2, 0) is 14.9 Å². The second kappa shape index (κ2) is 8.13. The lowest BCUT2D eigenvalue weighted by molar-refractivity contribution is -0.144. The maximum absolute atomic E-state index is 12.4. The van der Waals surface area contributed by atoms with Gasteiger partial charge < -0.3 is 15.0 Å². The minimum Gasteiger partial charge on any atom is -0.468 e. The molecule has 1 saturated heterocycles. The van der Waals surface area contributed by atoms with Crippen LogP contribution >= 0.6 is 0 Å². The highest BCUT2D eigenvalue weighted by atomic mass is 16.5. The summed E-state index contributed by atoms with van der Waals surface area (Å²) in [7, 11) is 1.50. The van der Waals surface area contributed by atoms with E-state index in [1.165, 1.54) is 39.5 Å². The van der Waals surface area contributed by atoms with E-state index in [2.05, 4.69) is 22.3 Å². The molecule has 0 bridgehead atoms. The molecule has 0 unspecified atom stereocenters. The summed E-state index contributed by atoms with van der Waals surface area (Å²) >= 11 is 0. The normalized spacial score (nSPS) is 27.0. The average Bonchev–Trinajstić information content (AvgIpc) is 3.38. The summed E-state index contributed by atoms with van der Waals surface area (Å²) in [5.41, 5.74) is 0.708. The Hall–Kier alpha value is -1.39. The van der Waals surface area contributed by atoms with Gasteiger partial charge in [-0.3, -0.25) is 4.79 Å². The van der Waals surface area contributed by atoms with Gasteiger partial charge in [-0.25, -0.2) is 0 Å². The van der Waals surface area contributed by atoms with Crippen LogP contribution in [0.2, 0.25) is 0 Å². The van der Waals surface area contributed by atoms with Crippen molar-refractivity contribution in [2.75, 3.05) is 39.8 Å². The summed E-state index contributed by atoms with van der Waals surface area (Å²) in [4.78, 5) is 14.9. The molecule has 2 fully saturated rings. The van der Waals surface area contributed by atoms with Crippen LogP contribution in [0.1, 0.15) is 37.7 Å². The topological polar surface area (TPSA) is 41.6 Å². The first-order chi connectivity index (χ1) is 11.8. The number of ether oxygens (including phenoxy) is 1. The van der Waals surface area contributed by atoms with E-state index in [9.17, 15) is 4.79 Å². The van der Waals surface area contributed by atoms with Crippen molar-refractivity contribution in [3.05, 3.63) is 35.9 Å². The lowest BCUT2D eigenvalue weighted by Crippen LogP contribution is -2.36. The molecule has 0 amide bonds. The predicted octanol–water partition coefficient (Wildman–Crippen LogP) is 2.58. The van der Waals surface area contributed by atoms with Gasteiger partial charge in [0.2, 0.25) is 0 Å². The van der Waals surface area contributed by atoms with E-state index in [0.29, 0.717) is 5.92 Å². The Morgan fingerprint density at radius 1 is 1.21 bits per heavy atom. The number of benzene rings is 1. The molecule has 0 radical (unpaired) electrons. The Labute approximate surface area is 145 Å². The number of likely N-dealkylation sites (tertiary alicyclic amines) is 1. The van der Waals surface area contributed by atoms with Gasteiger partial charge in [0.1, 0.15) is 0 Å². The molecule has 2 atom stereocenters. The Bertz CT molecular complexity index is 528. The smallest absolute Gasteiger partial charge is 0.316 e. The molecule has 1 aromatic rings. The molecule has 4 nitrogen and oxygen atoms in total. The van der Waals surface area contributed by atoms with Crippen molar-refractivity contribution in [3.63, 3.8) is 0 Å². The average molecular weight is 330 g/mol. The van der Waals surface area contributed by atoms with Crippen LogP contribution in [0.4, 0.5) is 0 Å². The standard InChI is InChI=1S/C20H30N2O2/c1-24-19(23)20(17-8-4-2-5-9-17)16-18(20)10-11-21-12-15-22-13-6-3-7-14-22/h2,4-5,8-9,18,21H,3,6-7,10-16H2,1H3/t18-,20-/m0/s1. The van der Waals surface area contributed by atoms with Crippen molar-refractivity contribution in [2.45, 2.75) is 37.5 Å². The van der Waals surface area contributed by atoms with E-state index in [4.69, 9.17) is 4.74 Å². The number of hydrogen-bond donors (Lipinski definition) is 1. The number of nitrogens with one attached hydrogen (secondary N) is 1. The number of methoxy groups -OCH3 is 1. The number of piperidine rings is 1. The zero-order valence-electron chi connectivity index (χ0n) is 14.8. The highest BCUT2D eigenvalue weighted by Crippen LogP contribution is 2.56. The molecule has 24 heavy (non-hydrogen) atoms. The second-order valence-electron chi connectivity index (χ2n) is 7.17. The molecular weight excluding hydrogens is 300 g/mol. The number of esters is 1. The summed E-state index contributed by atoms with van der Waals surface area (Å²) in [6.45, 7) is 5.67. The molecule has 0 spiro atoms. The zero-order valence-corrected chi connectivity index (χ0v) is 14.8. The first-order valence-corrected chi connectivity index (χ1v) is 9.34. The summed E-state index contributed by atoms with van der Waals surface area (Å²) < 4.78 is 5.10. The van der Waals surface area contributed by atoms with Gasteiger partial charge in [-0.15, -0.1) is 0 Å². The van der Waals surface area contributed by atoms with Crippen molar-refractivity contribution in [3.8, 4) is 0 Å². The third kappa shape index (κ3) is 3.81. The molecule has 1 saturated carbocycles. The van der Waals surface area contributed by atoms with E-state index in [1.54, 1.807) is 0 Å². The first kappa shape index (κ1) is 17.4. The van der Waals surface area contributed by atoms with E-state index in [-0.39, 0.29) is 5.97 Å². The Morgan fingerprint density at radius 2 is 1.96 bits per heavy atom. The third-order valence-corrected chi connectivity index (χ3v) is 5.67. The lowest BCUT2D eigenvalue weighted by Gasteiger charge is -2.26. The van der Waals surface area contributed by atoms with Crippen molar-refractivity contribution in [1.29, 1.82) is 0 Å². The van der Waals surface area contributed by atoms with Crippen LogP contribution in [-0.4, -0.2) is 50.7 Å². The summed E-state index contributed by atoms with van der Waals surface area (Å²) in [6.07, 6.45) is 6.03. The number of rotatable bonds is 8. The van der Waals surface area contributed by atoms with Gasteiger partial charge in [-0.05, 0) is 56.8 Å². The minimum absolute atomic E-state index is 0.0768. The summed E-state index contributed by atoms with van der Waals surface area (Å²) in [5, 5.41) is 3.56. The zero-order chi connectivity index (χ0) is 16.8. The fourth-order valence-corrected chi connectivity index (χ4v) is 4.14. The molecule has 1 aliphatic heterocycles. The van der Waals surface area contributed by atoms with Gasteiger partial charge in [-0.2, -0.15) is 0 Å². The van der Waals surface area contributed by atoms with Crippen LogP contribution in [0, 0.1) is 5.92 Å². The maximum Gasteiger partial charge on any atom is 0.316 e. The van der Waals surface area contributed by atoms with Crippen LogP contribution < -0.4 is 5.32 Å². The summed E-state index contributed by atoms with van der Waals surface area (Å²) in [6, 6.07) is 10.1. The fourth-order valence-electron chi connectivity index (χ4n) is 4.14. The Kier molecular flexibility index (Phi) is 5.90. The van der Waals surface area contributed by atoms with Crippen LogP contribution in [0.3, 0.4) is 0 Å². The van der Waals surface area contributed by atoms with Gasteiger partial charge >= 0.3 is 5.97 Å². The first-order valence-electron chi connectivity index (χ1n) is 9.34. The molecule has 3 rings (SSSR count). The molecule has 1 N–H and O–H groups in total. The van der Waals surface area contributed by atoms with E-state index in [0.717, 1.165) is 38.0 Å². The quantitative estimate of drug-likeness (QED) is 0.588. The van der Waals surface area contributed by atoms with Crippen molar-refractivity contribution < 1.29 is 9.53 Å². The predicted molar refractivity (Wildman–Crippen MR) is 96.0 cm³/mol. The van der Waals surface area contributed by atoms with Gasteiger partial charge in [0.15, 0.2) is 0 Å². The number of carbonyl (C=O) groups excluding carboxylic acids is 1. The van der Waals surface area contributed by atoms with Crippen molar-refractivity contribution in [2.24, 2.45) is 5.92 Å². The van der Waals surface area contributed by atoms with Crippen molar-refractivity contribution >= 4 is 5.97 Å². The van der Waals surface area contributed by atoms with Gasteiger partial charge in [0.05, 0.1) is 12.5 Å². The molecule has 1 aromatic carbocycles. The molecule has 0 aromatic heterocycles. The van der Waals surface area contributed by atoms with Gasteiger partial charge in [-0.1, -0.05) is 36.8 Å². The number of hydrogen-bond acceptors (Lipinski definition) is 4. The molecule has 1 aliphatic carbocycles. The highest BCUT2D eigenvalue weighted by Gasteiger charge is 2.61. The van der Waals surface area contributed by atoms with Crippen molar-refractivity contribution in [1.82, 2.24) is 10.2 Å².